The second-order valence-electron chi connectivity index (χ2n) is 10.6. The maximum Gasteiger partial charge on any atom is 0.411 e. The van der Waals surface area contributed by atoms with Crippen molar-refractivity contribution in [2.75, 3.05) is 33.0 Å². The molecule has 4 atom stereocenters. The molecule has 5 rings (SSSR count). The van der Waals surface area contributed by atoms with E-state index in [9.17, 15) is 14.7 Å². The van der Waals surface area contributed by atoms with E-state index in [0.29, 0.717) is 39.3 Å². The van der Waals surface area contributed by atoms with Crippen LogP contribution in [-0.2, 0) is 32.0 Å². The van der Waals surface area contributed by atoms with Crippen LogP contribution < -0.4 is 0 Å². The van der Waals surface area contributed by atoms with Crippen LogP contribution in [-0.4, -0.2) is 83.8 Å². The number of nitrogens with zero attached hydrogens (tertiary/aromatic N) is 2. The standard InChI is InChI=1S/C33H38N2O7S/c36-30(22-34(20-25-10-4-1-5-11-25)32(37)41-27-16-18-39-23-27)31(43-29-14-8-3-9-15-29)35(21-26-12-6-2-7-13-26)33(38)42-28-17-19-40-24-28/h1-15,27-28,30-31,36H,16-24H2/t27-,28-,30?,31?/m0/s1. The SMILES string of the molecule is O=C(O[C@H]1CCOC1)N(Cc1ccccc1)CC(O)C(Sc1ccccc1)N(Cc1ccccc1)C(=O)O[C@H]1CCOC1. The second kappa shape index (κ2) is 15.8. The number of aliphatic hydroxyl groups is 1. The Morgan fingerprint density at radius 3 is 1.81 bits per heavy atom. The van der Waals surface area contributed by atoms with E-state index < -0.39 is 23.7 Å². The topological polar surface area (TPSA) is 97.8 Å². The molecule has 0 radical (unpaired) electrons. The molecule has 2 unspecified atom stereocenters. The van der Waals surface area contributed by atoms with Crippen LogP contribution in [0.4, 0.5) is 9.59 Å². The Kier molecular flexibility index (Phi) is 11.3. The highest BCUT2D eigenvalue weighted by Gasteiger charge is 2.36. The fourth-order valence-corrected chi connectivity index (χ4v) is 6.11. The molecule has 10 heteroatoms. The van der Waals surface area contributed by atoms with Crippen LogP contribution in [0.15, 0.2) is 95.9 Å². The van der Waals surface area contributed by atoms with Gasteiger partial charge in [0.1, 0.15) is 23.7 Å². The molecule has 2 saturated heterocycles. The first kappa shape index (κ1) is 30.9. The summed E-state index contributed by atoms with van der Waals surface area (Å²) in [6.07, 6.45) is -1.70. The number of aliphatic hydroxyl groups excluding tert-OH is 1. The molecule has 2 aliphatic heterocycles. The van der Waals surface area contributed by atoms with Crippen LogP contribution in [0.3, 0.4) is 0 Å². The zero-order valence-electron chi connectivity index (χ0n) is 24.0. The van der Waals surface area contributed by atoms with Crippen molar-refractivity contribution in [3.05, 3.63) is 102 Å². The molecule has 2 aliphatic rings. The summed E-state index contributed by atoms with van der Waals surface area (Å²) in [4.78, 5) is 31.1. The van der Waals surface area contributed by atoms with Gasteiger partial charge in [-0.2, -0.15) is 0 Å². The number of amides is 2. The van der Waals surface area contributed by atoms with Crippen molar-refractivity contribution in [3.8, 4) is 0 Å². The van der Waals surface area contributed by atoms with Crippen LogP contribution in [0, 0.1) is 0 Å². The van der Waals surface area contributed by atoms with Crippen LogP contribution in [0.1, 0.15) is 24.0 Å². The van der Waals surface area contributed by atoms with E-state index in [1.165, 1.54) is 16.7 Å². The fourth-order valence-electron chi connectivity index (χ4n) is 4.99. The fraction of sp³-hybridized carbons (Fsp3) is 0.394. The maximum atomic E-state index is 13.8. The van der Waals surface area contributed by atoms with E-state index in [-0.39, 0.29) is 31.8 Å². The molecule has 3 aromatic carbocycles. The summed E-state index contributed by atoms with van der Waals surface area (Å²) in [5.74, 6) is 0. The van der Waals surface area contributed by atoms with E-state index in [4.69, 9.17) is 18.9 Å². The van der Waals surface area contributed by atoms with Gasteiger partial charge in [0.25, 0.3) is 0 Å². The van der Waals surface area contributed by atoms with E-state index in [2.05, 4.69) is 0 Å². The minimum absolute atomic E-state index is 0.0725. The first-order chi connectivity index (χ1) is 21.0. The average molecular weight is 607 g/mol. The molecule has 0 aromatic heterocycles. The lowest BCUT2D eigenvalue weighted by molar-refractivity contribution is 0.0134. The minimum atomic E-state index is -1.16. The molecule has 1 N–H and O–H groups in total. The number of ether oxygens (including phenoxy) is 4. The van der Waals surface area contributed by atoms with E-state index in [1.54, 1.807) is 4.90 Å². The first-order valence-electron chi connectivity index (χ1n) is 14.6. The zero-order chi connectivity index (χ0) is 29.9. The number of rotatable bonds is 12. The van der Waals surface area contributed by atoms with Gasteiger partial charge in [-0.3, -0.25) is 4.90 Å². The lowest BCUT2D eigenvalue weighted by Gasteiger charge is -2.36. The summed E-state index contributed by atoms with van der Waals surface area (Å²) in [7, 11) is 0. The minimum Gasteiger partial charge on any atom is -0.444 e. The largest absolute Gasteiger partial charge is 0.444 e. The van der Waals surface area contributed by atoms with Gasteiger partial charge in [-0.25, -0.2) is 9.59 Å². The number of benzene rings is 3. The lowest BCUT2D eigenvalue weighted by Crippen LogP contribution is -2.50. The monoisotopic (exact) mass is 606 g/mol. The molecule has 228 valence electrons. The normalized spacial score (nSPS) is 19.4. The molecule has 2 fully saturated rings. The Bertz CT molecular complexity index is 1270. The Morgan fingerprint density at radius 2 is 1.28 bits per heavy atom. The average Bonchev–Trinajstić information content (AvgIpc) is 3.75. The van der Waals surface area contributed by atoms with Gasteiger partial charge in [0.15, 0.2) is 0 Å². The highest BCUT2D eigenvalue weighted by atomic mass is 32.2. The number of thioether (sulfide) groups is 1. The lowest BCUT2D eigenvalue weighted by atomic mass is 10.2. The molecule has 2 amide bonds. The predicted octanol–water partition coefficient (Wildman–Crippen LogP) is 5.32. The van der Waals surface area contributed by atoms with Gasteiger partial charge in [-0.1, -0.05) is 90.6 Å². The van der Waals surface area contributed by atoms with Gasteiger partial charge in [0, 0.05) is 24.3 Å². The Morgan fingerprint density at radius 1 is 0.767 bits per heavy atom. The molecule has 0 spiro atoms. The van der Waals surface area contributed by atoms with Crippen molar-refractivity contribution in [2.45, 2.75) is 54.5 Å². The molecule has 43 heavy (non-hydrogen) atoms. The molecule has 2 heterocycles. The van der Waals surface area contributed by atoms with Crippen LogP contribution >= 0.6 is 11.8 Å². The summed E-state index contributed by atoms with van der Waals surface area (Å²) in [6.45, 7) is 2.12. The van der Waals surface area contributed by atoms with Gasteiger partial charge >= 0.3 is 12.2 Å². The van der Waals surface area contributed by atoms with Crippen LogP contribution in [0.25, 0.3) is 0 Å². The number of carbonyl (C=O) groups excluding carboxylic acids is 2. The Hall–Kier alpha value is -3.57. The zero-order valence-corrected chi connectivity index (χ0v) is 24.8. The highest BCUT2D eigenvalue weighted by Crippen LogP contribution is 2.31. The molecular formula is C33H38N2O7S. The summed E-state index contributed by atoms with van der Waals surface area (Å²) < 4.78 is 22.5. The van der Waals surface area contributed by atoms with Crippen molar-refractivity contribution >= 4 is 23.9 Å². The summed E-state index contributed by atoms with van der Waals surface area (Å²) >= 11 is 1.35. The maximum absolute atomic E-state index is 13.8. The number of carbonyl (C=O) groups is 2. The molecule has 0 aliphatic carbocycles. The third-order valence-electron chi connectivity index (χ3n) is 7.26. The van der Waals surface area contributed by atoms with Gasteiger partial charge in [0.2, 0.25) is 0 Å². The van der Waals surface area contributed by atoms with Crippen LogP contribution in [0.2, 0.25) is 0 Å². The van der Waals surface area contributed by atoms with Crippen molar-refractivity contribution in [2.24, 2.45) is 0 Å². The molecular weight excluding hydrogens is 568 g/mol. The third kappa shape index (κ3) is 9.21. The smallest absolute Gasteiger partial charge is 0.411 e. The molecule has 3 aromatic rings. The van der Waals surface area contributed by atoms with Gasteiger partial charge in [-0.05, 0) is 23.3 Å². The Balaban J connectivity index is 1.43. The van der Waals surface area contributed by atoms with Gasteiger partial charge in [-0.15, -0.1) is 0 Å². The van der Waals surface area contributed by atoms with Crippen LogP contribution in [0.5, 0.6) is 0 Å². The molecule has 0 saturated carbocycles. The van der Waals surface area contributed by atoms with E-state index in [1.807, 2.05) is 91.0 Å². The van der Waals surface area contributed by atoms with E-state index >= 15 is 0 Å². The highest BCUT2D eigenvalue weighted by molar-refractivity contribution is 8.00. The first-order valence-corrected chi connectivity index (χ1v) is 15.5. The quantitative estimate of drug-likeness (QED) is 0.219. The van der Waals surface area contributed by atoms with E-state index in [0.717, 1.165) is 16.0 Å². The second-order valence-corrected chi connectivity index (χ2v) is 11.8. The number of hydrogen-bond acceptors (Lipinski definition) is 8. The number of hydrogen-bond donors (Lipinski definition) is 1. The van der Waals surface area contributed by atoms with Gasteiger partial charge < -0.3 is 29.0 Å². The third-order valence-corrected chi connectivity index (χ3v) is 8.61. The predicted molar refractivity (Wildman–Crippen MR) is 162 cm³/mol. The van der Waals surface area contributed by atoms with Crippen molar-refractivity contribution in [1.82, 2.24) is 9.80 Å². The van der Waals surface area contributed by atoms with Crippen molar-refractivity contribution < 1.29 is 33.6 Å². The molecule has 0 bridgehead atoms. The Labute approximate surface area is 256 Å². The van der Waals surface area contributed by atoms with Crippen molar-refractivity contribution in [3.63, 3.8) is 0 Å². The van der Waals surface area contributed by atoms with Gasteiger partial charge in [0.05, 0.1) is 39.5 Å². The summed E-state index contributed by atoms with van der Waals surface area (Å²) in [5.41, 5.74) is 1.78. The van der Waals surface area contributed by atoms with Crippen molar-refractivity contribution in [1.29, 1.82) is 0 Å². The summed E-state index contributed by atoms with van der Waals surface area (Å²) in [6, 6.07) is 28.7. The molecule has 9 nitrogen and oxygen atoms in total. The summed E-state index contributed by atoms with van der Waals surface area (Å²) in [5, 5.41) is 11.1.